The highest BCUT2D eigenvalue weighted by molar-refractivity contribution is 5.89. The van der Waals surface area contributed by atoms with Crippen molar-refractivity contribution in [1.29, 1.82) is 0 Å². The van der Waals surface area contributed by atoms with E-state index in [9.17, 15) is 18.0 Å². The molecule has 2 rings (SSSR count). The van der Waals surface area contributed by atoms with E-state index >= 15 is 0 Å². The van der Waals surface area contributed by atoms with Gasteiger partial charge in [0.25, 0.3) is 0 Å². The summed E-state index contributed by atoms with van der Waals surface area (Å²) in [4.78, 5) is 14.3. The van der Waals surface area contributed by atoms with Crippen LogP contribution in [0.2, 0.25) is 0 Å². The van der Waals surface area contributed by atoms with Crippen LogP contribution < -0.4 is 15.4 Å². The van der Waals surface area contributed by atoms with Crippen LogP contribution in [-0.4, -0.2) is 42.5 Å². The van der Waals surface area contributed by atoms with Crippen LogP contribution in [0.5, 0.6) is 5.75 Å². The molecule has 1 aromatic rings. The number of nitrogens with one attached hydrogen (secondary N) is 2. The van der Waals surface area contributed by atoms with Gasteiger partial charge in [-0.15, -0.1) is 13.2 Å². The largest absolute Gasteiger partial charge is 0.573 e. The Bertz CT molecular complexity index is 538. The average molecular weight is 345 g/mol. The summed E-state index contributed by atoms with van der Waals surface area (Å²) in [5.74, 6) is -0.325. The zero-order chi connectivity index (χ0) is 17.7. The van der Waals surface area contributed by atoms with Crippen molar-refractivity contribution in [2.75, 3.05) is 18.4 Å². The highest BCUT2D eigenvalue weighted by Crippen LogP contribution is 2.24. The lowest BCUT2D eigenvalue weighted by molar-refractivity contribution is -0.274. The maximum Gasteiger partial charge on any atom is 0.573 e. The molecule has 1 aliphatic heterocycles. The van der Waals surface area contributed by atoms with Crippen LogP contribution in [0.15, 0.2) is 24.3 Å². The van der Waals surface area contributed by atoms with Gasteiger partial charge in [0, 0.05) is 30.9 Å². The zero-order valence-corrected chi connectivity index (χ0v) is 13.7. The SMILES string of the molecule is CC(C)N1CCC(NC(=O)Nc2ccc(OC(F)(F)F)cc2)CC1. The van der Waals surface area contributed by atoms with Crippen LogP contribution in [0.4, 0.5) is 23.7 Å². The van der Waals surface area contributed by atoms with Crippen LogP contribution >= 0.6 is 0 Å². The van der Waals surface area contributed by atoms with Crippen molar-refractivity contribution in [2.45, 2.75) is 45.1 Å². The molecule has 0 aliphatic carbocycles. The van der Waals surface area contributed by atoms with Gasteiger partial charge in [0.15, 0.2) is 0 Å². The molecule has 1 saturated heterocycles. The first-order valence-corrected chi connectivity index (χ1v) is 7.90. The number of alkyl halides is 3. The van der Waals surface area contributed by atoms with Crippen molar-refractivity contribution in [3.05, 3.63) is 24.3 Å². The fraction of sp³-hybridized carbons (Fsp3) is 0.562. The summed E-state index contributed by atoms with van der Waals surface area (Å²) in [7, 11) is 0. The molecule has 0 atom stereocenters. The fourth-order valence-electron chi connectivity index (χ4n) is 2.65. The van der Waals surface area contributed by atoms with Gasteiger partial charge in [-0.05, 0) is 51.0 Å². The van der Waals surface area contributed by atoms with E-state index in [1.54, 1.807) is 0 Å². The third-order valence-corrected chi connectivity index (χ3v) is 3.94. The van der Waals surface area contributed by atoms with Crippen LogP contribution in [0.1, 0.15) is 26.7 Å². The standard InChI is InChI=1S/C16H22F3N3O2/c1-11(2)22-9-7-13(8-10-22)21-15(23)20-12-3-5-14(6-4-12)24-16(17,18)19/h3-6,11,13H,7-10H2,1-2H3,(H2,20,21,23). The summed E-state index contributed by atoms with van der Waals surface area (Å²) in [5, 5.41) is 5.50. The summed E-state index contributed by atoms with van der Waals surface area (Å²) >= 11 is 0. The molecule has 2 N–H and O–H groups in total. The number of carbonyl (C=O) groups is 1. The van der Waals surface area contributed by atoms with E-state index in [0.29, 0.717) is 11.7 Å². The third kappa shape index (κ3) is 5.92. The maximum absolute atomic E-state index is 12.1. The summed E-state index contributed by atoms with van der Waals surface area (Å²) in [6.45, 7) is 6.16. The second-order valence-electron chi connectivity index (χ2n) is 6.07. The number of ether oxygens (including phenoxy) is 1. The Morgan fingerprint density at radius 2 is 1.79 bits per heavy atom. The first-order chi connectivity index (χ1) is 11.2. The lowest BCUT2D eigenvalue weighted by Gasteiger charge is -2.34. The smallest absolute Gasteiger partial charge is 0.406 e. The number of hydrogen-bond donors (Lipinski definition) is 2. The number of rotatable bonds is 4. The predicted molar refractivity (Wildman–Crippen MR) is 85.0 cm³/mol. The van der Waals surface area contributed by atoms with Crippen LogP contribution in [-0.2, 0) is 0 Å². The minimum Gasteiger partial charge on any atom is -0.406 e. The fourth-order valence-corrected chi connectivity index (χ4v) is 2.65. The first-order valence-electron chi connectivity index (χ1n) is 7.90. The summed E-state index contributed by atoms with van der Waals surface area (Å²) in [6.07, 6.45) is -2.97. The number of benzene rings is 1. The van der Waals surface area contributed by atoms with Crippen LogP contribution in [0.3, 0.4) is 0 Å². The number of halogens is 3. The van der Waals surface area contributed by atoms with E-state index in [4.69, 9.17) is 0 Å². The molecule has 0 bridgehead atoms. The molecule has 1 aromatic carbocycles. The van der Waals surface area contributed by atoms with E-state index in [1.807, 2.05) is 0 Å². The Morgan fingerprint density at radius 3 is 2.29 bits per heavy atom. The number of nitrogens with zero attached hydrogens (tertiary/aromatic N) is 1. The zero-order valence-electron chi connectivity index (χ0n) is 13.7. The average Bonchev–Trinajstić information content (AvgIpc) is 2.48. The van der Waals surface area contributed by atoms with Crippen molar-refractivity contribution in [3.8, 4) is 5.75 Å². The molecule has 8 heteroatoms. The van der Waals surface area contributed by atoms with Crippen LogP contribution in [0.25, 0.3) is 0 Å². The van der Waals surface area contributed by atoms with Crippen molar-refractivity contribution < 1.29 is 22.7 Å². The molecule has 0 saturated carbocycles. The van der Waals surface area contributed by atoms with Gasteiger partial charge in [-0.25, -0.2) is 4.79 Å². The first kappa shape index (κ1) is 18.4. The Hall–Kier alpha value is -1.96. The van der Waals surface area contributed by atoms with Gasteiger partial charge >= 0.3 is 12.4 Å². The number of amides is 2. The van der Waals surface area contributed by atoms with Crippen molar-refractivity contribution >= 4 is 11.7 Å². The highest BCUT2D eigenvalue weighted by atomic mass is 19.4. The molecule has 0 unspecified atom stereocenters. The number of anilines is 1. The van der Waals surface area contributed by atoms with Crippen molar-refractivity contribution in [1.82, 2.24) is 10.2 Å². The van der Waals surface area contributed by atoms with Gasteiger partial charge in [-0.1, -0.05) is 0 Å². The lowest BCUT2D eigenvalue weighted by Crippen LogP contribution is -2.47. The molecular weight excluding hydrogens is 323 g/mol. The monoisotopic (exact) mass is 345 g/mol. The van der Waals surface area contributed by atoms with Crippen LogP contribution in [0, 0.1) is 0 Å². The van der Waals surface area contributed by atoms with Gasteiger partial charge in [0.05, 0.1) is 0 Å². The lowest BCUT2D eigenvalue weighted by atomic mass is 10.0. The summed E-state index contributed by atoms with van der Waals surface area (Å²) < 4.78 is 40.0. The van der Waals surface area contributed by atoms with Crippen molar-refractivity contribution in [2.24, 2.45) is 0 Å². The number of carbonyl (C=O) groups excluding carboxylic acids is 1. The molecule has 1 aliphatic rings. The van der Waals surface area contributed by atoms with Crippen molar-refractivity contribution in [3.63, 3.8) is 0 Å². The summed E-state index contributed by atoms with van der Waals surface area (Å²) in [6, 6.07) is 5.28. The highest BCUT2D eigenvalue weighted by Gasteiger charge is 2.31. The van der Waals surface area contributed by atoms with E-state index < -0.39 is 6.36 Å². The number of likely N-dealkylation sites (tertiary alicyclic amines) is 1. The quantitative estimate of drug-likeness (QED) is 0.877. The molecule has 0 aromatic heterocycles. The second-order valence-corrected chi connectivity index (χ2v) is 6.07. The third-order valence-electron chi connectivity index (χ3n) is 3.94. The Morgan fingerprint density at radius 1 is 1.21 bits per heavy atom. The molecule has 2 amide bonds. The van der Waals surface area contributed by atoms with Gasteiger partial charge in [0.2, 0.25) is 0 Å². The summed E-state index contributed by atoms with van der Waals surface area (Å²) in [5.41, 5.74) is 0.404. The second kappa shape index (κ2) is 7.74. The van der Waals surface area contributed by atoms with Gasteiger partial charge in [0.1, 0.15) is 5.75 Å². The minimum atomic E-state index is -4.73. The topological polar surface area (TPSA) is 53.6 Å². The molecule has 0 radical (unpaired) electrons. The molecule has 134 valence electrons. The van der Waals surface area contributed by atoms with E-state index in [0.717, 1.165) is 38.1 Å². The molecule has 0 spiro atoms. The van der Waals surface area contributed by atoms with Gasteiger partial charge in [-0.3, -0.25) is 0 Å². The Balaban J connectivity index is 1.78. The number of hydrogen-bond acceptors (Lipinski definition) is 3. The molecule has 5 nitrogen and oxygen atoms in total. The maximum atomic E-state index is 12.1. The van der Waals surface area contributed by atoms with E-state index in [1.165, 1.54) is 12.1 Å². The van der Waals surface area contributed by atoms with E-state index in [2.05, 4.69) is 34.1 Å². The minimum absolute atomic E-state index is 0.104. The molecular formula is C16H22F3N3O2. The molecule has 24 heavy (non-hydrogen) atoms. The molecule has 1 fully saturated rings. The Labute approximate surface area is 139 Å². The molecule has 1 heterocycles. The van der Waals surface area contributed by atoms with E-state index in [-0.39, 0.29) is 17.8 Å². The number of piperidine rings is 1. The van der Waals surface area contributed by atoms with Gasteiger partial charge < -0.3 is 20.3 Å². The predicted octanol–water partition coefficient (Wildman–Crippen LogP) is 3.58. The Kier molecular flexibility index (Phi) is 5.93. The van der Waals surface area contributed by atoms with Gasteiger partial charge in [-0.2, -0.15) is 0 Å². The number of urea groups is 1. The normalized spacial score (nSPS) is 16.9.